The second-order valence-corrected chi connectivity index (χ2v) is 4.32. The Hall–Kier alpha value is -1.09. The number of anilines is 1. The summed E-state index contributed by atoms with van der Waals surface area (Å²) in [6, 6.07) is 4.02. The molecule has 0 bridgehead atoms. The Kier molecular flexibility index (Phi) is 4.56. The fourth-order valence-corrected chi connectivity index (χ4v) is 1.58. The zero-order valence-electron chi connectivity index (χ0n) is 9.70. The van der Waals surface area contributed by atoms with Gasteiger partial charge in [0.05, 0.1) is 12.6 Å². The normalized spacial score (nSPS) is 12.9. The molecule has 0 amide bonds. The third kappa shape index (κ3) is 3.88. The third-order valence-electron chi connectivity index (χ3n) is 2.33. The lowest BCUT2D eigenvalue weighted by Gasteiger charge is -2.19. The van der Waals surface area contributed by atoms with E-state index in [1.165, 1.54) is 0 Å². The van der Waals surface area contributed by atoms with Gasteiger partial charge in [0.1, 0.15) is 5.82 Å². The van der Waals surface area contributed by atoms with Gasteiger partial charge >= 0.3 is 0 Å². The van der Waals surface area contributed by atoms with Crippen LogP contribution < -0.4 is 5.32 Å². The topological polar surface area (TPSA) is 45.2 Å². The van der Waals surface area contributed by atoms with Crippen LogP contribution in [0.1, 0.15) is 25.8 Å². The number of rotatable bonds is 5. The first-order chi connectivity index (χ1) is 7.13. The number of aryl methyl sites for hydroxylation is 1. The van der Waals surface area contributed by atoms with Crippen LogP contribution in [-0.4, -0.2) is 22.7 Å². The molecular weight excluding hydrogens is 188 g/mol. The molecule has 1 heterocycles. The zero-order valence-corrected chi connectivity index (χ0v) is 9.70. The number of hydrogen-bond donors (Lipinski definition) is 2. The van der Waals surface area contributed by atoms with Crippen molar-refractivity contribution < 1.29 is 5.11 Å². The van der Waals surface area contributed by atoms with Gasteiger partial charge in [-0.15, -0.1) is 0 Å². The van der Waals surface area contributed by atoms with Crippen LogP contribution in [0.25, 0.3) is 0 Å². The second kappa shape index (κ2) is 5.71. The van der Waals surface area contributed by atoms with E-state index in [-0.39, 0.29) is 12.6 Å². The van der Waals surface area contributed by atoms with Gasteiger partial charge < -0.3 is 10.4 Å². The van der Waals surface area contributed by atoms with Crippen LogP contribution >= 0.6 is 0 Å². The summed E-state index contributed by atoms with van der Waals surface area (Å²) in [5, 5.41) is 12.5. The number of nitrogens with one attached hydrogen (secondary N) is 1. The fraction of sp³-hybridized carbons (Fsp3) is 0.583. The van der Waals surface area contributed by atoms with Gasteiger partial charge in [0, 0.05) is 6.20 Å². The largest absolute Gasteiger partial charge is 0.394 e. The molecule has 3 heteroatoms. The van der Waals surface area contributed by atoms with Crippen LogP contribution in [0.3, 0.4) is 0 Å². The van der Waals surface area contributed by atoms with Gasteiger partial charge in [-0.2, -0.15) is 0 Å². The fourth-order valence-electron chi connectivity index (χ4n) is 1.58. The minimum absolute atomic E-state index is 0.0959. The number of aliphatic hydroxyl groups excluding tert-OH is 1. The SMILES string of the molecule is Cc1cccnc1NC(CO)CC(C)C. The highest BCUT2D eigenvalue weighted by Gasteiger charge is 2.10. The molecule has 2 N–H and O–H groups in total. The van der Waals surface area contributed by atoms with E-state index in [9.17, 15) is 5.11 Å². The van der Waals surface area contributed by atoms with Crippen molar-refractivity contribution in [3.8, 4) is 0 Å². The molecule has 0 radical (unpaired) electrons. The minimum Gasteiger partial charge on any atom is -0.394 e. The maximum absolute atomic E-state index is 9.24. The molecule has 0 fully saturated rings. The highest BCUT2D eigenvalue weighted by molar-refractivity contribution is 5.43. The van der Waals surface area contributed by atoms with E-state index in [1.807, 2.05) is 19.1 Å². The van der Waals surface area contributed by atoms with E-state index in [0.717, 1.165) is 17.8 Å². The Morgan fingerprint density at radius 1 is 1.47 bits per heavy atom. The average molecular weight is 208 g/mol. The Bertz CT molecular complexity index is 299. The van der Waals surface area contributed by atoms with Crippen molar-refractivity contribution in [2.45, 2.75) is 33.2 Å². The van der Waals surface area contributed by atoms with Gasteiger partial charge in [-0.3, -0.25) is 0 Å². The van der Waals surface area contributed by atoms with Crippen molar-refractivity contribution in [2.75, 3.05) is 11.9 Å². The predicted molar refractivity (Wildman–Crippen MR) is 62.9 cm³/mol. The first kappa shape index (κ1) is 12.0. The molecule has 0 aliphatic rings. The highest BCUT2D eigenvalue weighted by atomic mass is 16.3. The molecule has 1 aromatic heterocycles. The number of hydrogen-bond acceptors (Lipinski definition) is 3. The summed E-state index contributed by atoms with van der Waals surface area (Å²) >= 11 is 0. The third-order valence-corrected chi connectivity index (χ3v) is 2.33. The Labute approximate surface area is 91.5 Å². The molecule has 1 aromatic rings. The van der Waals surface area contributed by atoms with Gasteiger partial charge in [-0.1, -0.05) is 19.9 Å². The van der Waals surface area contributed by atoms with Gasteiger partial charge in [-0.25, -0.2) is 4.98 Å². The van der Waals surface area contributed by atoms with Gasteiger partial charge in [0.2, 0.25) is 0 Å². The van der Waals surface area contributed by atoms with E-state index in [0.29, 0.717) is 5.92 Å². The predicted octanol–water partition coefficient (Wildman–Crippen LogP) is 2.21. The van der Waals surface area contributed by atoms with E-state index < -0.39 is 0 Å². The first-order valence-corrected chi connectivity index (χ1v) is 5.42. The summed E-state index contributed by atoms with van der Waals surface area (Å²) in [4.78, 5) is 4.25. The molecule has 0 saturated heterocycles. The molecule has 0 aromatic carbocycles. The van der Waals surface area contributed by atoms with E-state index in [4.69, 9.17) is 0 Å². The summed E-state index contributed by atoms with van der Waals surface area (Å²) in [6.45, 7) is 6.46. The smallest absolute Gasteiger partial charge is 0.129 e. The number of aliphatic hydroxyl groups is 1. The minimum atomic E-state index is 0.0959. The van der Waals surface area contributed by atoms with E-state index in [2.05, 4.69) is 24.1 Å². The Balaban J connectivity index is 2.62. The van der Waals surface area contributed by atoms with Crippen molar-refractivity contribution in [3.63, 3.8) is 0 Å². The number of aromatic nitrogens is 1. The maximum Gasteiger partial charge on any atom is 0.129 e. The number of pyridine rings is 1. The van der Waals surface area contributed by atoms with Crippen molar-refractivity contribution in [2.24, 2.45) is 5.92 Å². The molecule has 1 rings (SSSR count). The molecule has 0 spiro atoms. The number of nitrogens with zero attached hydrogens (tertiary/aromatic N) is 1. The summed E-state index contributed by atoms with van der Waals surface area (Å²) in [6.07, 6.45) is 2.71. The summed E-state index contributed by atoms with van der Waals surface area (Å²) in [7, 11) is 0. The first-order valence-electron chi connectivity index (χ1n) is 5.42. The van der Waals surface area contributed by atoms with E-state index in [1.54, 1.807) is 6.20 Å². The summed E-state index contributed by atoms with van der Waals surface area (Å²) in [5.74, 6) is 1.44. The average Bonchev–Trinajstić information content (AvgIpc) is 2.19. The molecule has 3 nitrogen and oxygen atoms in total. The lowest BCUT2D eigenvalue weighted by molar-refractivity contribution is 0.259. The van der Waals surface area contributed by atoms with Gasteiger partial charge in [-0.05, 0) is 30.9 Å². The molecule has 0 aliphatic carbocycles. The quantitative estimate of drug-likeness (QED) is 0.779. The van der Waals surface area contributed by atoms with E-state index >= 15 is 0 Å². The second-order valence-electron chi connectivity index (χ2n) is 4.32. The maximum atomic E-state index is 9.24. The van der Waals surface area contributed by atoms with Crippen molar-refractivity contribution >= 4 is 5.82 Å². The lowest BCUT2D eigenvalue weighted by atomic mass is 10.0. The van der Waals surface area contributed by atoms with Crippen LogP contribution in [0.5, 0.6) is 0 Å². The lowest BCUT2D eigenvalue weighted by Crippen LogP contribution is -2.26. The standard InChI is InChI=1S/C12H20N2O/c1-9(2)7-11(8-15)14-12-10(3)5-4-6-13-12/h4-6,9,11,15H,7-8H2,1-3H3,(H,13,14). The van der Waals surface area contributed by atoms with Crippen LogP contribution in [0.2, 0.25) is 0 Å². The van der Waals surface area contributed by atoms with Crippen LogP contribution in [-0.2, 0) is 0 Å². The summed E-state index contributed by atoms with van der Waals surface area (Å²) < 4.78 is 0. The highest BCUT2D eigenvalue weighted by Crippen LogP contribution is 2.14. The molecule has 1 atom stereocenters. The van der Waals surface area contributed by atoms with Gasteiger partial charge in [0.15, 0.2) is 0 Å². The molecule has 0 saturated carbocycles. The molecular formula is C12H20N2O. The Morgan fingerprint density at radius 3 is 2.73 bits per heavy atom. The van der Waals surface area contributed by atoms with Crippen LogP contribution in [0.4, 0.5) is 5.82 Å². The monoisotopic (exact) mass is 208 g/mol. The zero-order chi connectivity index (χ0) is 11.3. The van der Waals surface area contributed by atoms with Gasteiger partial charge in [0.25, 0.3) is 0 Å². The molecule has 1 unspecified atom stereocenters. The van der Waals surface area contributed by atoms with Crippen molar-refractivity contribution in [1.82, 2.24) is 4.98 Å². The molecule has 0 aliphatic heterocycles. The molecule has 84 valence electrons. The van der Waals surface area contributed by atoms with Crippen molar-refractivity contribution in [1.29, 1.82) is 0 Å². The van der Waals surface area contributed by atoms with Crippen LogP contribution in [0, 0.1) is 12.8 Å². The Morgan fingerprint density at radius 2 is 2.20 bits per heavy atom. The molecule has 15 heavy (non-hydrogen) atoms. The summed E-state index contributed by atoms with van der Waals surface area (Å²) in [5.41, 5.74) is 1.11. The van der Waals surface area contributed by atoms with Crippen molar-refractivity contribution in [3.05, 3.63) is 23.9 Å². The van der Waals surface area contributed by atoms with Crippen LogP contribution in [0.15, 0.2) is 18.3 Å².